The molecule has 0 aromatic rings. The zero-order valence-corrected chi connectivity index (χ0v) is 6.10. The first-order valence-corrected chi connectivity index (χ1v) is 3.85. The van der Waals surface area contributed by atoms with Crippen LogP contribution in [0, 0.1) is 0 Å². The fourth-order valence-electron chi connectivity index (χ4n) is 0.662. The Kier molecular flexibility index (Phi) is 2.29. The number of carboxylic acids is 1. The van der Waals surface area contributed by atoms with Crippen LogP contribution in [0.4, 0.5) is 0 Å². The van der Waals surface area contributed by atoms with Crippen molar-refractivity contribution in [1.82, 2.24) is 0 Å². The smallest absolute Gasteiger partial charge is 0.329 e. The Labute approximate surface area is 62.5 Å². The standard InChI is InChI=1S/C5H8N2O2S/c6-1-4-7-3(2-10-4)5(8)9/h3H,1-2,6H2,(H,8,9). The van der Waals surface area contributed by atoms with Crippen molar-refractivity contribution >= 4 is 22.8 Å². The van der Waals surface area contributed by atoms with Crippen molar-refractivity contribution in [3.63, 3.8) is 0 Å². The minimum atomic E-state index is -0.865. The zero-order valence-electron chi connectivity index (χ0n) is 5.28. The summed E-state index contributed by atoms with van der Waals surface area (Å²) in [5, 5.41) is 9.21. The topological polar surface area (TPSA) is 75.7 Å². The molecule has 1 rings (SSSR count). The van der Waals surface area contributed by atoms with E-state index in [9.17, 15) is 4.79 Å². The van der Waals surface area contributed by atoms with Gasteiger partial charge in [-0.2, -0.15) is 0 Å². The minimum absolute atomic E-state index is 0.356. The Hall–Kier alpha value is -0.550. The molecule has 4 nitrogen and oxygen atoms in total. The van der Waals surface area contributed by atoms with Crippen LogP contribution in [0.1, 0.15) is 0 Å². The summed E-state index contributed by atoms with van der Waals surface area (Å²) in [6.45, 7) is 0.356. The van der Waals surface area contributed by atoms with E-state index >= 15 is 0 Å². The lowest BCUT2D eigenvalue weighted by Gasteiger charge is -1.93. The molecular formula is C5H8N2O2S. The molecule has 0 spiro atoms. The molecule has 0 amide bonds. The Bertz CT molecular complexity index is 180. The summed E-state index contributed by atoms with van der Waals surface area (Å²) in [5.41, 5.74) is 5.25. The molecule has 0 saturated carbocycles. The van der Waals surface area contributed by atoms with Crippen molar-refractivity contribution in [2.24, 2.45) is 10.7 Å². The SMILES string of the molecule is NCC1=NC(C(=O)O)CS1. The predicted molar refractivity (Wildman–Crippen MR) is 40.4 cm³/mol. The summed E-state index contributed by atoms with van der Waals surface area (Å²) < 4.78 is 0. The van der Waals surface area contributed by atoms with Crippen molar-refractivity contribution in [3.8, 4) is 0 Å². The summed E-state index contributed by atoms with van der Waals surface area (Å²) in [5.74, 6) is -0.335. The minimum Gasteiger partial charge on any atom is -0.480 e. The van der Waals surface area contributed by atoms with Crippen molar-refractivity contribution in [1.29, 1.82) is 0 Å². The number of aliphatic imine (C=N–C) groups is 1. The Balaban J connectivity index is 2.55. The molecule has 1 heterocycles. The van der Waals surface area contributed by atoms with Crippen LogP contribution in [-0.4, -0.2) is 34.5 Å². The van der Waals surface area contributed by atoms with Gasteiger partial charge in [0.2, 0.25) is 0 Å². The number of hydrogen-bond acceptors (Lipinski definition) is 4. The van der Waals surface area contributed by atoms with Gasteiger partial charge in [-0.25, -0.2) is 4.79 Å². The van der Waals surface area contributed by atoms with E-state index in [4.69, 9.17) is 10.8 Å². The van der Waals surface area contributed by atoms with Crippen LogP contribution >= 0.6 is 11.8 Å². The highest BCUT2D eigenvalue weighted by atomic mass is 32.2. The molecule has 1 aliphatic heterocycles. The molecule has 0 saturated heterocycles. The summed E-state index contributed by atoms with van der Waals surface area (Å²) >= 11 is 1.42. The lowest BCUT2D eigenvalue weighted by atomic mass is 10.4. The molecule has 0 aromatic heterocycles. The second-order valence-electron chi connectivity index (χ2n) is 1.89. The third-order valence-corrected chi connectivity index (χ3v) is 2.26. The van der Waals surface area contributed by atoms with E-state index in [0.29, 0.717) is 12.3 Å². The lowest BCUT2D eigenvalue weighted by Crippen LogP contribution is -2.17. The van der Waals surface area contributed by atoms with E-state index in [2.05, 4.69) is 4.99 Å². The second kappa shape index (κ2) is 3.03. The highest BCUT2D eigenvalue weighted by molar-refractivity contribution is 8.14. The number of aliphatic carboxylic acids is 1. The second-order valence-corrected chi connectivity index (χ2v) is 2.99. The van der Waals surface area contributed by atoms with Crippen molar-refractivity contribution in [3.05, 3.63) is 0 Å². The maximum Gasteiger partial charge on any atom is 0.329 e. The van der Waals surface area contributed by atoms with Gasteiger partial charge >= 0.3 is 5.97 Å². The van der Waals surface area contributed by atoms with Gasteiger partial charge in [0.1, 0.15) is 0 Å². The van der Waals surface area contributed by atoms with E-state index in [-0.39, 0.29) is 0 Å². The van der Waals surface area contributed by atoms with Crippen LogP contribution in [0.25, 0.3) is 0 Å². The van der Waals surface area contributed by atoms with Crippen LogP contribution in [0.5, 0.6) is 0 Å². The van der Waals surface area contributed by atoms with E-state index in [0.717, 1.165) is 5.04 Å². The van der Waals surface area contributed by atoms with Crippen LogP contribution in [0.15, 0.2) is 4.99 Å². The summed E-state index contributed by atoms with van der Waals surface area (Å²) in [6, 6.07) is -0.566. The fourth-order valence-corrected chi connectivity index (χ4v) is 1.55. The van der Waals surface area contributed by atoms with Crippen LogP contribution in [0.2, 0.25) is 0 Å². The largest absolute Gasteiger partial charge is 0.480 e. The number of hydrogen-bond donors (Lipinski definition) is 2. The normalized spacial score (nSPS) is 24.5. The van der Waals surface area contributed by atoms with Gasteiger partial charge in [0.25, 0.3) is 0 Å². The predicted octanol–water partition coefficient (Wildman–Crippen LogP) is -0.456. The fraction of sp³-hybridized carbons (Fsp3) is 0.600. The molecule has 1 aliphatic rings. The molecule has 5 heteroatoms. The first kappa shape index (κ1) is 7.56. The molecule has 1 atom stereocenters. The number of thioether (sulfide) groups is 1. The molecule has 3 N–H and O–H groups in total. The van der Waals surface area contributed by atoms with Gasteiger partial charge in [-0.1, -0.05) is 0 Å². The molecule has 0 radical (unpaired) electrons. The molecule has 0 fully saturated rings. The van der Waals surface area contributed by atoms with E-state index < -0.39 is 12.0 Å². The average Bonchev–Trinajstić information content (AvgIpc) is 2.34. The summed E-state index contributed by atoms with van der Waals surface area (Å²) in [7, 11) is 0. The van der Waals surface area contributed by atoms with Crippen molar-refractivity contribution in [2.75, 3.05) is 12.3 Å². The maximum atomic E-state index is 10.3. The van der Waals surface area contributed by atoms with Gasteiger partial charge in [-0.05, 0) is 0 Å². The summed E-state index contributed by atoms with van der Waals surface area (Å²) in [4.78, 5) is 14.2. The number of carbonyl (C=O) groups is 1. The van der Waals surface area contributed by atoms with Crippen molar-refractivity contribution in [2.45, 2.75) is 6.04 Å². The third-order valence-electron chi connectivity index (χ3n) is 1.17. The Morgan fingerprint density at radius 3 is 3.00 bits per heavy atom. The summed E-state index contributed by atoms with van der Waals surface area (Å²) in [6.07, 6.45) is 0. The zero-order chi connectivity index (χ0) is 7.56. The first-order chi connectivity index (χ1) is 4.74. The van der Waals surface area contributed by atoms with Gasteiger partial charge in [-0.15, -0.1) is 11.8 Å². The molecular weight excluding hydrogens is 152 g/mol. The average molecular weight is 160 g/mol. The van der Waals surface area contributed by atoms with Gasteiger partial charge in [0.15, 0.2) is 6.04 Å². The third kappa shape index (κ3) is 1.48. The highest BCUT2D eigenvalue weighted by Crippen LogP contribution is 2.16. The molecule has 56 valence electrons. The number of nitrogens with zero attached hydrogens (tertiary/aromatic N) is 1. The van der Waals surface area contributed by atoms with E-state index in [1.807, 2.05) is 0 Å². The monoisotopic (exact) mass is 160 g/mol. The van der Waals surface area contributed by atoms with Crippen LogP contribution in [-0.2, 0) is 4.79 Å². The van der Waals surface area contributed by atoms with Crippen LogP contribution < -0.4 is 5.73 Å². The lowest BCUT2D eigenvalue weighted by molar-refractivity contribution is -0.137. The Morgan fingerprint density at radius 1 is 2.00 bits per heavy atom. The molecule has 10 heavy (non-hydrogen) atoms. The molecule has 0 bridgehead atoms. The molecule has 0 aromatic carbocycles. The molecule has 1 unspecified atom stereocenters. The first-order valence-electron chi connectivity index (χ1n) is 2.86. The Morgan fingerprint density at radius 2 is 2.70 bits per heavy atom. The van der Waals surface area contributed by atoms with Gasteiger partial charge < -0.3 is 10.8 Å². The number of rotatable bonds is 2. The molecule has 0 aliphatic carbocycles. The number of nitrogens with two attached hydrogens (primary N) is 1. The van der Waals surface area contributed by atoms with Crippen LogP contribution in [0.3, 0.4) is 0 Å². The van der Waals surface area contributed by atoms with E-state index in [1.54, 1.807) is 0 Å². The van der Waals surface area contributed by atoms with Gasteiger partial charge in [0, 0.05) is 12.3 Å². The number of carboxylic acid groups (broad SMARTS) is 1. The highest BCUT2D eigenvalue weighted by Gasteiger charge is 2.22. The maximum absolute atomic E-state index is 10.3. The van der Waals surface area contributed by atoms with Gasteiger partial charge in [0.05, 0.1) is 5.04 Å². The quantitative estimate of drug-likeness (QED) is 0.573. The van der Waals surface area contributed by atoms with E-state index in [1.165, 1.54) is 11.8 Å². The van der Waals surface area contributed by atoms with Gasteiger partial charge in [-0.3, -0.25) is 4.99 Å². The van der Waals surface area contributed by atoms with Crippen molar-refractivity contribution < 1.29 is 9.90 Å².